The molecule has 0 fully saturated rings. The van der Waals surface area contributed by atoms with E-state index in [4.69, 9.17) is 11.5 Å². The maximum Gasteiger partial charge on any atom is 1.00 e. The number of nitrogen functional groups attached to an aromatic ring is 2. The fourth-order valence-electron chi connectivity index (χ4n) is 5.20. The van der Waals surface area contributed by atoms with Gasteiger partial charge < -0.3 is 40.7 Å². The molecular formula is C34H24N9Na3O11S3. The molecule has 0 aliphatic carbocycles. The molecule has 0 heterocycles. The first-order valence-corrected chi connectivity index (χ1v) is 19.9. The van der Waals surface area contributed by atoms with Gasteiger partial charge in [-0.15, -0.1) is 15.3 Å². The summed E-state index contributed by atoms with van der Waals surface area (Å²) in [4.78, 5) is -3.09. The predicted octanol–water partition coefficient (Wildman–Crippen LogP) is -1.87. The van der Waals surface area contributed by atoms with E-state index in [0.29, 0.717) is 29.2 Å². The number of nitrogens with zero attached hydrogens (tertiary/aromatic N) is 6. The minimum Gasteiger partial charge on any atom is -0.744 e. The number of benzene rings is 6. The molecule has 6 aromatic rings. The Labute approximate surface area is 408 Å². The first-order valence-electron chi connectivity index (χ1n) is 15.7. The summed E-state index contributed by atoms with van der Waals surface area (Å²) in [5.41, 5.74) is 10.4. The zero-order chi connectivity index (χ0) is 41.3. The van der Waals surface area contributed by atoms with Crippen LogP contribution in [0, 0.1) is 0 Å². The van der Waals surface area contributed by atoms with Gasteiger partial charge >= 0.3 is 88.7 Å². The van der Waals surface area contributed by atoms with Gasteiger partial charge in [-0.3, -0.25) is 0 Å². The largest absolute Gasteiger partial charge is 1.00 e. The number of phenols is 2. The van der Waals surface area contributed by atoms with E-state index < -0.39 is 78.6 Å². The Kier molecular flexibility index (Phi) is 17.1. The SMILES string of the molecule is Nc1cc(O)ccc1/N=N/c1ccc(Nc2ccc(/N=N/c3c(S(=O)(=O)[O-])cc4cc(S(=O)(=O)[O-])c(/N=N/c5ccccc5)c(O)c4c3N)cc2S(=O)(=O)[O-])cc1.[Na+].[Na+].[Na+]. The van der Waals surface area contributed by atoms with Crippen molar-refractivity contribution in [3.8, 4) is 11.5 Å². The molecule has 20 nitrogen and oxygen atoms in total. The van der Waals surface area contributed by atoms with Crippen LogP contribution in [0.3, 0.4) is 0 Å². The Hall–Kier alpha value is -3.89. The maximum absolute atomic E-state index is 12.4. The summed E-state index contributed by atoms with van der Waals surface area (Å²) in [6, 6.07) is 22.3. The Bertz CT molecular complexity index is 3020. The van der Waals surface area contributed by atoms with Gasteiger partial charge in [-0.05, 0) is 84.2 Å². The molecule has 0 aromatic heterocycles. The van der Waals surface area contributed by atoms with Gasteiger partial charge in [0.05, 0.1) is 54.2 Å². The normalized spacial score (nSPS) is 12.0. The van der Waals surface area contributed by atoms with Gasteiger partial charge in [0.2, 0.25) is 0 Å². The number of fused-ring (bicyclic) bond motifs is 1. The summed E-state index contributed by atoms with van der Waals surface area (Å²) in [7, 11) is -16.1. The minimum absolute atomic E-state index is 0. The molecule has 0 amide bonds. The average molecular weight is 900 g/mol. The summed E-state index contributed by atoms with van der Waals surface area (Å²) in [6.07, 6.45) is 0. The quantitative estimate of drug-likeness (QED) is 0.0412. The van der Waals surface area contributed by atoms with Crippen LogP contribution in [0.5, 0.6) is 11.5 Å². The predicted molar refractivity (Wildman–Crippen MR) is 202 cm³/mol. The molecule has 0 bridgehead atoms. The second-order valence-electron chi connectivity index (χ2n) is 11.7. The van der Waals surface area contributed by atoms with E-state index in [-0.39, 0.29) is 117 Å². The molecule has 6 rings (SSSR count). The number of phenolic OH excluding ortho intramolecular Hbond substituents is 2. The number of nitrogens with one attached hydrogen (secondary N) is 1. The molecule has 0 aliphatic heterocycles. The van der Waals surface area contributed by atoms with Crippen molar-refractivity contribution in [2.75, 3.05) is 16.8 Å². The van der Waals surface area contributed by atoms with E-state index in [0.717, 1.165) is 12.1 Å². The van der Waals surface area contributed by atoms with E-state index in [1.165, 1.54) is 60.7 Å². The van der Waals surface area contributed by atoms with Crippen molar-refractivity contribution in [2.24, 2.45) is 30.7 Å². The molecule has 292 valence electrons. The fourth-order valence-corrected chi connectivity index (χ4v) is 7.16. The summed E-state index contributed by atoms with van der Waals surface area (Å²) >= 11 is 0. The molecule has 26 heteroatoms. The second kappa shape index (κ2) is 20.3. The van der Waals surface area contributed by atoms with E-state index in [1.54, 1.807) is 18.2 Å². The van der Waals surface area contributed by atoms with Crippen LogP contribution in [0.4, 0.5) is 56.9 Å². The van der Waals surface area contributed by atoms with Crippen molar-refractivity contribution in [2.45, 2.75) is 14.7 Å². The van der Waals surface area contributed by atoms with E-state index in [2.05, 4.69) is 36.0 Å². The third-order valence-electron chi connectivity index (χ3n) is 7.81. The number of rotatable bonds is 11. The van der Waals surface area contributed by atoms with Crippen LogP contribution in [0.1, 0.15) is 0 Å². The van der Waals surface area contributed by atoms with Crippen molar-refractivity contribution in [1.29, 1.82) is 0 Å². The van der Waals surface area contributed by atoms with Crippen molar-refractivity contribution >= 4 is 98.0 Å². The van der Waals surface area contributed by atoms with Crippen molar-refractivity contribution < 1.29 is 138 Å². The standard InChI is InChI=1S/C34H27N9O11S3.3Na/c35-24-17-23(44)11-13-25(24)41-38-21-8-6-19(7-9-21)37-26-12-10-22(16-27(26)55(46,47)48)40-42-32-28(56(49,50)51)14-18-15-29(57(52,53)54)33(34(45)30(18)31(32)36)43-39-20-4-2-1-3-5-20;;;/h1-17,37,44-45H,35-36H2,(H,46,47,48)(H,49,50,51)(H,52,53,54);;;/q;3*+1/p-3/b41-38+,42-40+,43-39+;;;. The van der Waals surface area contributed by atoms with Crippen LogP contribution in [0.25, 0.3) is 10.8 Å². The van der Waals surface area contributed by atoms with Gasteiger partial charge in [-0.1, -0.05) is 18.2 Å². The number of anilines is 4. The summed E-state index contributed by atoms with van der Waals surface area (Å²) in [5, 5.41) is 45.6. The smallest absolute Gasteiger partial charge is 0.744 e. The number of aromatic hydroxyl groups is 2. The third-order valence-corrected chi connectivity index (χ3v) is 10.4. The summed E-state index contributed by atoms with van der Waals surface area (Å²) in [5.74, 6) is -1.09. The molecule has 0 saturated carbocycles. The van der Waals surface area contributed by atoms with Crippen LogP contribution in [0.15, 0.2) is 149 Å². The van der Waals surface area contributed by atoms with Crippen LogP contribution < -0.4 is 105 Å². The van der Waals surface area contributed by atoms with Gasteiger partial charge in [0.25, 0.3) is 0 Å². The Morgan fingerprint density at radius 2 is 1.05 bits per heavy atom. The van der Waals surface area contributed by atoms with Gasteiger partial charge in [-0.2, -0.15) is 15.3 Å². The number of hydrogen-bond donors (Lipinski definition) is 5. The molecule has 6 aromatic carbocycles. The molecule has 0 spiro atoms. The van der Waals surface area contributed by atoms with Gasteiger partial charge in [0.1, 0.15) is 53.2 Å². The second-order valence-corrected chi connectivity index (χ2v) is 15.7. The average Bonchev–Trinajstić information content (AvgIpc) is 3.13. The minimum atomic E-state index is -5.48. The number of nitrogens with two attached hydrogens (primary N) is 2. The van der Waals surface area contributed by atoms with Crippen LogP contribution in [-0.4, -0.2) is 49.1 Å². The molecule has 0 radical (unpaired) electrons. The van der Waals surface area contributed by atoms with E-state index >= 15 is 0 Å². The summed E-state index contributed by atoms with van der Waals surface area (Å²) in [6.45, 7) is 0. The van der Waals surface area contributed by atoms with Crippen molar-refractivity contribution in [1.82, 2.24) is 0 Å². The zero-order valence-corrected chi connectivity index (χ0v) is 39.9. The molecule has 60 heavy (non-hydrogen) atoms. The molecule has 0 unspecified atom stereocenters. The first kappa shape index (κ1) is 50.5. The van der Waals surface area contributed by atoms with Crippen LogP contribution >= 0.6 is 0 Å². The number of hydrogen-bond acceptors (Lipinski definition) is 20. The zero-order valence-electron chi connectivity index (χ0n) is 31.4. The van der Waals surface area contributed by atoms with Gasteiger partial charge in [0.15, 0.2) is 5.75 Å². The Morgan fingerprint density at radius 3 is 1.63 bits per heavy atom. The Balaban J connectivity index is 0.00000320. The van der Waals surface area contributed by atoms with Gasteiger partial charge in [-0.25, -0.2) is 25.3 Å². The number of azo groups is 3. The molecule has 0 atom stereocenters. The summed E-state index contributed by atoms with van der Waals surface area (Å²) < 4.78 is 111. The Morgan fingerprint density at radius 1 is 0.533 bits per heavy atom. The van der Waals surface area contributed by atoms with Crippen LogP contribution in [0.2, 0.25) is 0 Å². The van der Waals surface area contributed by atoms with Crippen molar-refractivity contribution in [3.63, 3.8) is 0 Å². The van der Waals surface area contributed by atoms with Crippen LogP contribution in [-0.2, 0) is 30.4 Å². The van der Waals surface area contributed by atoms with E-state index in [9.17, 15) is 49.1 Å². The fraction of sp³-hybridized carbons (Fsp3) is 0. The third kappa shape index (κ3) is 11.9. The van der Waals surface area contributed by atoms with Crippen molar-refractivity contribution in [3.05, 3.63) is 103 Å². The molecular weight excluding hydrogens is 876 g/mol. The topological polar surface area (TPSA) is 350 Å². The first-order chi connectivity index (χ1) is 26.8. The van der Waals surface area contributed by atoms with Gasteiger partial charge in [0, 0.05) is 11.8 Å². The molecule has 0 saturated heterocycles. The maximum atomic E-state index is 12.4. The molecule has 7 N–H and O–H groups in total. The van der Waals surface area contributed by atoms with E-state index in [1.807, 2.05) is 0 Å². The monoisotopic (exact) mass is 899 g/mol. The molecule has 0 aliphatic rings.